The van der Waals surface area contributed by atoms with Crippen LogP contribution in [-0.4, -0.2) is 15.7 Å². The minimum absolute atomic E-state index is 0.0220. The first-order chi connectivity index (χ1) is 12.5. The van der Waals surface area contributed by atoms with Crippen molar-refractivity contribution in [2.24, 2.45) is 0 Å². The molecule has 0 spiro atoms. The fourth-order valence-corrected chi connectivity index (χ4v) is 3.17. The Labute approximate surface area is 158 Å². The number of aryl methyl sites for hydroxylation is 1. The average Bonchev–Trinajstić information content (AvgIpc) is 2.91. The third-order valence-corrected chi connectivity index (χ3v) is 4.78. The predicted molar refractivity (Wildman–Crippen MR) is 105 cm³/mol. The summed E-state index contributed by atoms with van der Waals surface area (Å²) in [6.07, 6.45) is 0.308. The monoisotopic (exact) mass is 367 g/mol. The maximum absolute atomic E-state index is 12.5. The van der Waals surface area contributed by atoms with Crippen LogP contribution in [0.2, 0.25) is 5.02 Å². The molecule has 2 aromatic carbocycles. The van der Waals surface area contributed by atoms with E-state index >= 15 is 0 Å². The molecule has 0 radical (unpaired) electrons. The molecule has 0 saturated heterocycles. The molecule has 0 bridgehead atoms. The maximum Gasteiger partial charge on any atom is 0.225 e. The summed E-state index contributed by atoms with van der Waals surface area (Å²) in [5.41, 5.74) is 4.85. The summed E-state index contributed by atoms with van der Waals surface area (Å²) in [5, 5.41) is 8.34. The Morgan fingerprint density at radius 2 is 1.77 bits per heavy atom. The van der Waals surface area contributed by atoms with Crippen LogP contribution in [0, 0.1) is 13.8 Å². The fourth-order valence-electron chi connectivity index (χ4n) is 3.04. The number of hydrogen-bond donors (Lipinski definition) is 1. The Hall–Kier alpha value is -2.59. The van der Waals surface area contributed by atoms with E-state index < -0.39 is 0 Å². The lowest BCUT2D eigenvalue weighted by Gasteiger charge is -2.14. The van der Waals surface area contributed by atoms with Gasteiger partial charge in [-0.05, 0) is 50.6 Å². The SMILES string of the molecule is Cc1nn(-c2ccccc2)c(C)c1CC(=O)N[C@H](C)c1ccc(Cl)cc1. The quantitative estimate of drug-likeness (QED) is 0.718. The molecular weight excluding hydrogens is 346 g/mol. The summed E-state index contributed by atoms with van der Waals surface area (Å²) in [5.74, 6) is -0.0220. The Kier molecular flexibility index (Phi) is 5.43. The Balaban J connectivity index is 1.73. The number of aromatic nitrogens is 2. The van der Waals surface area contributed by atoms with Crippen molar-refractivity contribution in [3.8, 4) is 5.69 Å². The molecule has 0 aliphatic rings. The molecule has 0 saturated carbocycles. The van der Waals surface area contributed by atoms with Gasteiger partial charge in [0.2, 0.25) is 5.91 Å². The molecule has 3 rings (SSSR count). The molecule has 0 fully saturated rings. The maximum atomic E-state index is 12.5. The zero-order valence-corrected chi connectivity index (χ0v) is 15.9. The zero-order chi connectivity index (χ0) is 18.7. The van der Waals surface area contributed by atoms with E-state index in [0.717, 1.165) is 28.2 Å². The van der Waals surface area contributed by atoms with Crippen molar-refractivity contribution in [3.05, 3.63) is 82.1 Å². The van der Waals surface area contributed by atoms with Gasteiger partial charge in [-0.15, -0.1) is 0 Å². The molecule has 1 aromatic heterocycles. The minimum atomic E-state index is -0.0791. The molecule has 5 heteroatoms. The van der Waals surface area contributed by atoms with E-state index in [0.29, 0.717) is 11.4 Å². The number of amides is 1. The van der Waals surface area contributed by atoms with Crippen LogP contribution in [0.5, 0.6) is 0 Å². The smallest absolute Gasteiger partial charge is 0.225 e. The molecule has 3 aromatic rings. The van der Waals surface area contributed by atoms with Crippen LogP contribution in [0.4, 0.5) is 0 Å². The van der Waals surface area contributed by atoms with Crippen LogP contribution in [-0.2, 0) is 11.2 Å². The summed E-state index contributed by atoms with van der Waals surface area (Å²) in [6.45, 7) is 5.91. The zero-order valence-electron chi connectivity index (χ0n) is 15.2. The first-order valence-electron chi connectivity index (χ1n) is 8.61. The molecule has 0 unspecified atom stereocenters. The van der Waals surface area contributed by atoms with Crippen molar-refractivity contribution in [2.45, 2.75) is 33.2 Å². The number of nitrogens with zero attached hydrogens (tertiary/aromatic N) is 2. The van der Waals surface area contributed by atoms with Gasteiger partial charge in [0, 0.05) is 16.3 Å². The second-order valence-electron chi connectivity index (χ2n) is 6.41. The Bertz CT molecular complexity index is 901. The first kappa shape index (κ1) is 18.2. The summed E-state index contributed by atoms with van der Waals surface area (Å²) < 4.78 is 1.89. The number of para-hydroxylation sites is 1. The number of carbonyl (C=O) groups is 1. The molecule has 1 heterocycles. The largest absolute Gasteiger partial charge is 0.349 e. The number of rotatable bonds is 5. The van der Waals surface area contributed by atoms with Crippen LogP contribution in [0.1, 0.15) is 35.5 Å². The first-order valence-corrected chi connectivity index (χ1v) is 8.99. The van der Waals surface area contributed by atoms with Crippen LogP contribution in [0.25, 0.3) is 5.69 Å². The third-order valence-electron chi connectivity index (χ3n) is 4.53. The van der Waals surface area contributed by atoms with E-state index in [1.54, 1.807) is 0 Å². The summed E-state index contributed by atoms with van der Waals surface area (Å²) in [7, 11) is 0. The number of benzene rings is 2. The topological polar surface area (TPSA) is 46.9 Å². The number of carbonyl (C=O) groups excluding carboxylic acids is 1. The molecule has 4 nitrogen and oxygen atoms in total. The highest BCUT2D eigenvalue weighted by atomic mass is 35.5. The van der Waals surface area contributed by atoms with E-state index in [1.165, 1.54) is 0 Å². The van der Waals surface area contributed by atoms with Crippen molar-refractivity contribution in [1.29, 1.82) is 0 Å². The van der Waals surface area contributed by atoms with Gasteiger partial charge in [0.05, 0.1) is 23.8 Å². The van der Waals surface area contributed by atoms with Gasteiger partial charge < -0.3 is 5.32 Å². The van der Waals surface area contributed by atoms with Gasteiger partial charge >= 0.3 is 0 Å². The van der Waals surface area contributed by atoms with Gasteiger partial charge in [0.1, 0.15) is 0 Å². The standard InChI is InChI=1S/C21H22ClN3O/c1-14(17-9-11-18(22)12-10-17)23-21(26)13-20-15(2)24-25(16(20)3)19-7-5-4-6-8-19/h4-12,14H,13H2,1-3H3,(H,23,26)/t14-/m1/s1. The van der Waals surface area contributed by atoms with Crippen molar-refractivity contribution >= 4 is 17.5 Å². The lowest BCUT2D eigenvalue weighted by Crippen LogP contribution is -2.28. The molecule has 0 aliphatic heterocycles. The number of halogens is 1. The Morgan fingerprint density at radius 3 is 2.42 bits per heavy atom. The number of nitrogens with one attached hydrogen (secondary N) is 1. The Morgan fingerprint density at radius 1 is 1.12 bits per heavy atom. The van der Waals surface area contributed by atoms with E-state index in [2.05, 4.69) is 10.4 Å². The van der Waals surface area contributed by atoms with Gasteiger partial charge in [-0.2, -0.15) is 5.10 Å². The van der Waals surface area contributed by atoms with E-state index in [-0.39, 0.29) is 11.9 Å². The molecule has 1 atom stereocenters. The fraction of sp³-hybridized carbons (Fsp3) is 0.238. The van der Waals surface area contributed by atoms with Gasteiger partial charge in [-0.3, -0.25) is 4.79 Å². The van der Waals surface area contributed by atoms with Crippen LogP contribution < -0.4 is 5.32 Å². The van der Waals surface area contributed by atoms with Crippen molar-refractivity contribution < 1.29 is 4.79 Å². The van der Waals surface area contributed by atoms with Gasteiger partial charge in [-0.1, -0.05) is 41.9 Å². The van der Waals surface area contributed by atoms with Crippen LogP contribution in [0.3, 0.4) is 0 Å². The second-order valence-corrected chi connectivity index (χ2v) is 6.85. The predicted octanol–water partition coefficient (Wildman–Crippen LogP) is 4.56. The van der Waals surface area contributed by atoms with E-state index in [1.807, 2.05) is 80.1 Å². The van der Waals surface area contributed by atoms with Crippen LogP contribution in [0.15, 0.2) is 54.6 Å². The van der Waals surface area contributed by atoms with Crippen LogP contribution >= 0.6 is 11.6 Å². The lowest BCUT2D eigenvalue weighted by atomic mass is 10.1. The average molecular weight is 368 g/mol. The summed E-state index contributed by atoms with van der Waals surface area (Å²) >= 11 is 5.92. The van der Waals surface area contributed by atoms with Crippen molar-refractivity contribution in [1.82, 2.24) is 15.1 Å². The van der Waals surface area contributed by atoms with E-state index in [9.17, 15) is 4.79 Å². The molecule has 1 amide bonds. The second kappa shape index (κ2) is 7.75. The highest BCUT2D eigenvalue weighted by molar-refractivity contribution is 6.30. The normalized spacial score (nSPS) is 12.0. The van der Waals surface area contributed by atoms with Crippen molar-refractivity contribution in [3.63, 3.8) is 0 Å². The van der Waals surface area contributed by atoms with E-state index in [4.69, 9.17) is 11.6 Å². The van der Waals surface area contributed by atoms with Gasteiger partial charge in [-0.25, -0.2) is 4.68 Å². The molecule has 1 N–H and O–H groups in total. The van der Waals surface area contributed by atoms with Gasteiger partial charge in [0.25, 0.3) is 0 Å². The molecule has 0 aliphatic carbocycles. The molecule has 134 valence electrons. The van der Waals surface area contributed by atoms with Gasteiger partial charge in [0.15, 0.2) is 0 Å². The number of hydrogen-bond acceptors (Lipinski definition) is 2. The summed E-state index contributed by atoms with van der Waals surface area (Å²) in [4.78, 5) is 12.5. The van der Waals surface area contributed by atoms with Crippen molar-refractivity contribution in [2.75, 3.05) is 0 Å². The molecular formula is C21H22ClN3O. The highest BCUT2D eigenvalue weighted by Gasteiger charge is 2.17. The highest BCUT2D eigenvalue weighted by Crippen LogP contribution is 2.20. The lowest BCUT2D eigenvalue weighted by molar-refractivity contribution is -0.121. The third kappa shape index (κ3) is 3.97. The summed E-state index contributed by atoms with van der Waals surface area (Å²) in [6, 6.07) is 17.4. The molecule has 26 heavy (non-hydrogen) atoms. The minimum Gasteiger partial charge on any atom is -0.349 e.